The summed E-state index contributed by atoms with van der Waals surface area (Å²) in [5.41, 5.74) is 3.46. The summed E-state index contributed by atoms with van der Waals surface area (Å²) in [6.45, 7) is 2.27. The van der Waals surface area contributed by atoms with Crippen LogP contribution in [0.4, 0.5) is 0 Å². The van der Waals surface area contributed by atoms with Crippen LogP contribution in [0.5, 0.6) is 0 Å². The molecule has 2 N–H and O–H groups in total. The molecule has 0 saturated carbocycles. The number of imidazole rings is 1. The Morgan fingerprint density at radius 2 is 1.88 bits per heavy atom. The third-order valence-electron chi connectivity index (χ3n) is 4.60. The van der Waals surface area contributed by atoms with Crippen molar-refractivity contribution >= 4 is 22.8 Å². The number of nitrogens with one attached hydrogen (secondary N) is 2. The fourth-order valence-corrected chi connectivity index (χ4v) is 3.18. The van der Waals surface area contributed by atoms with E-state index in [4.69, 9.17) is 0 Å². The Morgan fingerprint density at radius 3 is 2.64 bits per heavy atom. The summed E-state index contributed by atoms with van der Waals surface area (Å²) < 4.78 is 0. The monoisotopic (exact) mass is 337 g/mol. The number of piperazine rings is 1. The molecule has 3 heterocycles. The molecule has 1 aliphatic rings. The minimum Gasteiger partial charge on any atom is -0.367 e. The number of amides is 2. The van der Waals surface area contributed by atoms with E-state index in [-0.39, 0.29) is 11.8 Å². The van der Waals surface area contributed by atoms with Gasteiger partial charge in [-0.25, -0.2) is 4.98 Å². The van der Waals surface area contributed by atoms with Crippen LogP contribution in [0.15, 0.2) is 43.0 Å². The van der Waals surface area contributed by atoms with Crippen molar-refractivity contribution in [1.82, 2.24) is 24.8 Å². The number of hydrogen-bond acceptors (Lipinski definition) is 3. The second-order valence-electron chi connectivity index (χ2n) is 6.20. The Hall–Kier alpha value is -3.09. The highest BCUT2D eigenvalue weighted by atomic mass is 16.2. The maximum absolute atomic E-state index is 12.5. The zero-order valence-electron chi connectivity index (χ0n) is 13.7. The van der Waals surface area contributed by atoms with Crippen molar-refractivity contribution < 1.29 is 9.59 Å². The molecule has 0 unspecified atom stereocenters. The van der Waals surface area contributed by atoms with E-state index < -0.39 is 0 Å². The molecule has 3 aromatic rings. The molecular formula is C18H19N5O2. The maximum atomic E-state index is 12.5. The van der Waals surface area contributed by atoms with E-state index in [2.05, 4.69) is 15.0 Å². The molecule has 25 heavy (non-hydrogen) atoms. The fourth-order valence-electron chi connectivity index (χ4n) is 3.18. The van der Waals surface area contributed by atoms with Gasteiger partial charge in [0.25, 0.3) is 5.91 Å². The summed E-state index contributed by atoms with van der Waals surface area (Å²) in [5.74, 6) is 0.102. The molecule has 2 aromatic heterocycles. The van der Waals surface area contributed by atoms with Crippen molar-refractivity contribution in [2.45, 2.75) is 6.42 Å². The first-order valence-electron chi connectivity index (χ1n) is 8.32. The molecule has 1 aliphatic heterocycles. The predicted molar refractivity (Wildman–Crippen MR) is 93.1 cm³/mol. The summed E-state index contributed by atoms with van der Waals surface area (Å²) in [4.78, 5) is 38.6. The molecule has 2 amide bonds. The van der Waals surface area contributed by atoms with Crippen LogP contribution in [0.1, 0.15) is 15.9 Å². The number of H-pyrrole nitrogens is 2. The molecule has 7 nitrogen and oxygen atoms in total. The minimum atomic E-state index is 0.0121. The van der Waals surface area contributed by atoms with E-state index in [0.717, 1.165) is 16.6 Å². The Balaban J connectivity index is 1.35. The number of rotatable bonds is 3. The second kappa shape index (κ2) is 6.43. The van der Waals surface area contributed by atoms with E-state index in [1.54, 1.807) is 29.7 Å². The number of carbonyl (C=O) groups is 2. The molecule has 0 radical (unpaired) electrons. The molecule has 7 heteroatoms. The van der Waals surface area contributed by atoms with Gasteiger partial charge in [-0.05, 0) is 23.8 Å². The topological polar surface area (TPSA) is 85.1 Å². The molecule has 1 saturated heterocycles. The van der Waals surface area contributed by atoms with Crippen LogP contribution < -0.4 is 0 Å². The third-order valence-corrected chi connectivity index (χ3v) is 4.60. The number of benzene rings is 1. The van der Waals surface area contributed by atoms with E-state index in [9.17, 15) is 9.59 Å². The molecule has 1 aromatic carbocycles. The third kappa shape index (κ3) is 3.13. The highest BCUT2D eigenvalue weighted by Gasteiger charge is 2.25. The lowest BCUT2D eigenvalue weighted by Crippen LogP contribution is -2.50. The van der Waals surface area contributed by atoms with Crippen molar-refractivity contribution in [1.29, 1.82) is 0 Å². The number of hydrogen-bond donors (Lipinski definition) is 2. The van der Waals surface area contributed by atoms with Crippen LogP contribution in [0.3, 0.4) is 0 Å². The molecule has 0 aliphatic carbocycles. The molecule has 0 spiro atoms. The number of aromatic nitrogens is 3. The summed E-state index contributed by atoms with van der Waals surface area (Å²) in [6.07, 6.45) is 5.45. The van der Waals surface area contributed by atoms with Crippen molar-refractivity contribution in [2.24, 2.45) is 0 Å². The predicted octanol–water partition coefficient (Wildman–Crippen LogP) is 1.42. The maximum Gasteiger partial charge on any atom is 0.255 e. The zero-order chi connectivity index (χ0) is 17.2. The van der Waals surface area contributed by atoms with Gasteiger partial charge in [-0.15, -0.1) is 0 Å². The van der Waals surface area contributed by atoms with Gasteiger partial charge in [0.15, 0.2) is 0 Å². The summed E-state index contributed by atoms with van der Waals surface area (Å²) in [7, 11) is 0. The lowest BCUT2D eigenvalue weighted by atomic mass is 10.1. The smallest absolute Gasteiger partial charge is 0.255 e. The normalized spacial score (nSPS) is 14.9. The van der Waals surface area contributed by atoms with E-state index in [0.29, 0.717) is 38.2 Å². The van der Waals surface area contributed by atoms with Crippen molar-refractivity contribution in [3.05, 3.63) is 54.1 Å². The minimum absolute atomic E-state index is 0.0121. The first kappa shape index (κ1) is 15.4. The lowest BCUT2D eigenvalue weighted by Gasteiger charge is -2.34. The molecular weight excluding hydrogens is 318 g/mol. The Bertz CT molecular complexity index is 891. The van der Waals surface area contributed by atoms with Crippen LogP contribution in [-0.4, -0.2) is 62.7 Å². The number of nitrogens with zero attached hydrogens (tertiary/aromatic N) is 3. The zero-order valence-corrected chi connectivity index (χ0v) is 13.7. The lowest BCUT2D eigenvalue weighted by molar-refractivity contribution is -0.131. The van der Waals surface area contributed by atoms with Gasteiger partial charge in [-0.2, -0.15) is 0 Å². The highest BCUT2D eigenvalue weighted by Crippen LogP contribution is 2.14. The first-order valence-corrected chi connectivity index (χ1v) is 8.32. The second-order valence-corrected chi connectivity index (χ2v) is 6.20. The van der Waals surface area contributed by atoms with Crippen LogP contribution in [0, 0.1) is 0 Å². The summed E-state index contributed by atoms with van der Waals surface area (Å²) in [6, 6.07) is 7.59. The number of fused-ring (bicyclic) bond motifs is 1. The van der Waals surface area contributed by atoms with E-state index >= 15 is 0 Å². The van der Waals surface area contributed by atoms with Gasteiger partial charge in [0.2, 0.25) is 5.91 Å². The molecule has 1 fully saturated rings. The fraction of sp³-hybridized carbons (Fsp3) is 0.278. The van der Waals surface area contributed by atoms with Crippen molar-refractivity contribution in [2.75, 3.05) is 26.2 Å². The van der Waals surface area contributed by atoms with Gasteiger partial charge in [0.05, 0.1) is 29.3 Å². The van der Waals surface area contributed by atoms with Crippen LogP contribution in [0.2, 0.25) is 0 Å². The van der Waals surface area contributed by atoms with Crippen LogP contribution in [0.25, 0.3) is 11.0 Å². The van der Waals surface area contributed by atoms with Gasteiger partial charge >= 0.3 is 0 Å². The van der Waals surface area contributed by atoms with Gasteiger partial charge in [-0.3, -0.25) is 9.59 Å². The Kier molecular flexibility index (Phi) is 3.97. The quantitative estimate of drug-likeness (QED) is 0.758. The average Bonchev–Trinajstić information content (AvgIpc) is 3.32. The molecule has 4 rings (SSSR count). The van der Waals surface area contributed by atoms with E-state index in [1.165, 1.54) is 0 Å². The van der Waals surface area contributed by atoms with Crippen molar-refractivity contribution in [3.63, 3.8) is 0 Å². The van der Waals surface area contributed by atoms with Gasteiger partial charge in [-0.1, -0.05) is 6.07 Å². The largest absolute Gasteiger partial charge is 0.367 e. The SMILES string of the molecule is O=C(Cc1ccc2nc[nH]c2c1)N1CCN(C(=O)c2cc[nH]c2)CC1. The molecule has 0 atom stereocenters. The van der Waals surface area contributed by atoms with Gasteiger partial charge in [0.1, 0.15) is 0 Å². The van der Waals surface area contributed by atoms with Crippen LogP contribution in [-0.2, 0) is 11.2 Å². The van der Waals surface area contributed by atoms with Gasteiger partial charge in [0, 0.05) is 38.6 Å². The van der Waals surface area contributed by atoms with Crippen molar-refractivity contribution in [3.8, 4) is 0 Å². The molecule has 128 valence electrons. The summed E-state index contributed by atoms with van der Waals surface area (Å²) >= 11 is 0. The Labute approximate surface area is 144 Å². The number of carbonyl (C=O) groups excluding carboxylic acids is 2. The Morgan fingerprint density at radius 1 is 1.08 bits per heavy atom. The van der Waals surface area contributed by atoms with E-state index in [1.807, 2.05) is 23.1 Å². The first-order chi connectivity index (χ1) is 12.2. The molecule has 0 bridgehead atoms. The summed E-state index contributed by atoms with van der Waals surface area (Å²) in [5, 5.41) is 0. The average molecular weight is 337 g/mol. The van der Waals surface area contributed by atoms with Gasteiger partial charge < -0.3 is 19.8 Å². The number of aromatic amines is 2. The highest BCUT2D eigenvalue weighted by molar-refractivity contribution is 5.94. The van der Waals surface area contributed by atoms with Crippen LogP contribution >= 0.6 is 0 Å². The standard InChI is InChI=1S/C18H19N5O2/c24-17(10-13-1-2-15-16(9-13)21-12-20-15)22-5-7-23(8-6-22)18(25)14-3-4-19-11-14/h1-4,9,11-12,19H,5-8,10H2,(H,20,21).